The highest BCUT2D eigenvalue weighted by molar-refractivity contribution is 5.97. The predicted molar refractivity (Wildman–Crippen MR) is 118 cm³/mol. The minimum Gasteiger partial charge on any atom is -0.351 e. The fraction of sp³-hybridized carbons (Fsp3) is 0.0909. The van der Waals surface area contributed by atoms with Crippen molar-refractivity contribution in [2.75, 3.05) is 18.4 Å². The smallest absolute Gasteiger partial charge is 0.316 e. The largest absolute Gasteiger partial charge is 0.351 e. The number of urea groups is 1. The molecule has 6 N–H and O–H groups in total. The third kappa shape index (κ3) is 5.80. The second kappa shape index (κ2) is 9.88. The standard InChI is InChI=1S/C22H21N5O4/c23-22(31)26-16-8-5-7-15(12-16)19(28)24-10-3-4-11-25-20(29)17-13-14-6-1-2-9-18(14)27-21(17)30/h1-9,12-13H,10-11H2,(H,24,28)(H,25,29)(H,27,30)(H3,23,26,31)/b4-3+. The van der Waals surface area contributed by atoms with E-state index in [0.29, 0.717) is 16.8 Å². The van der Waals surface area contributed by atoms with E-state index in [9.17, 15) is 19.2 Å². The van der Waals surface area contributed by atoms with E-state index in [1.807, 2.05) is 12.1 Å². The number of benzene rings is 2. The Bertz CT molecular complexity index is 1220. The fourth-order valence-corrected chi connectivity index (χ4v) is 2.86. The number of aromatic amines is 1. The van der Waals surface area contributed by atoms with Gasteiger partial charge in [0.2, 0.25) is 0 Å². The summed E-state index contributed by atoms with van der Waals surface area (Å²) in [5.74, 6) is -0.816. The van der Waals surface area contributed by atoms with Crippen LogP contribution in [0.15, 0.2) is 71.5 Å². The summed E-state index contributed by atoms with van der Waals surface area (Å²) in [5, 5.41) is 8.50. The van der Waals surface area contributed by atoms with Gasteiger partial charge in [-0.15, -0.1) is 0 Å². The third-order valence-electron chi connectivity index (χ3n) is 4.32. The minimum absolute atomic E-state index is 0.0323. The van der Waals surface area contributed by atoms with Gasteiger partial charge in [-0.3, -0.25) is 14.4 Å². The summed E-state index contributed by atoms with van der Waals surface area (Å²) < 4.78 is 0. The molecule has 0 aliphatic heterocycles. The SMILES string of the molecule is NC(=O)Nc1cccc(C(=O)NC/C=C/CNC(=O)c2cc3ccccc3[nH]c2=O)c1. The first kappa shape index (κ1) is 21.3. The quantitative estimate of drug-likeness (QED) is 0.371. The van der Waals surface area contributed by atoms with Crippen molar-refractivity contribution in [1.29, 1.82) is 0 Å². The third-order valence-corrected chi connectivity index (χ3v) is 4.32. The Morgan fingerprint density at radius 1 is 0.903 bits per heavy atom. The number of hydrogen-bond acceptors (Lipinski definition) is 4. The minimum atomic E-state index is -0.715. The van der Waals surface area contributed by atoms with E-state index in [4.69, 9.17) is 5.73 Å². The average Bonchev–Trinajstić information content (AvgIpc) is 2.75. The summed E-state index contributed by atoms with van der Waals surface area (Å²) in [6, 6.07) is 14.4. The number of H-pyrrole nitrogens is 1. The molecule has 0 spiro atoms. The number of aromatic nitrogens is 1. The van der Waals surface area contributed by atoms with Gasteiger partial charge >= 0.3 is 6.03 Å². The maximum atomic E-state index is 12.3. The molecule has 0 atom stereocenters. The molecule has 3 rings (SSSR count). The van der Waals surface area contributed by atoms with Gasteiger partial charge in [-0.2, -0.15) is 0 Å². The normalized spacial score (nSPS) is 10.7. The summed E-state index contributed by atoms with van der Waals surface area (Å²) in [4.78, 5) is 50.1. The highest BCUT2D eigenvalue weighted by atomic mass is 16.2. The molecule has 158 valence electrons. The lowest BCUT2D eigenvalue weighted by molar-refractivity contribution is 0.0948. The molecule has 0 saturated carbocycles. The Labute approximate surface area is 177 Å². The molecule has 0 radical (unpaired) electrons. The van der Waals surface area contributed by atoms with Gasteiger partial charge in [-0.05, 0) is 35.7 Å². The molecule has 1 aromatic heterocycles. The van der Waals surface area contributed by atoms with E-state index in [1.165, 1.54) is 6.07 Å². The highest BCUT2D eigenvalue weighted by Gasteiger charge is 2.10. The Hall–Kier alpha value is -4.40. The Morgan fingerprint density at radius 3 is 2.35 bits per heavy atom. The molecule has 0 saturated heterocycles. The van der Waals surface area contributed by atoms with Crippen molar-refractivity contribution >= 4 is 34.4 Å². The Balaban J connectivity index is 1.48. The number of pyridine rings is 1. The van der Waals surface area contributed by atoms with Gasteiger partial charge in [0.15, 0.2) is 0 Å². The molecule has 3 aromatic rings. The Morgan fingerprint density at radius 2 is 1.61 bits per heavy atom. The van der Waals surface area contributed by atoms with Crippen LogP contribution in [0.1, 0.15) is 20.7 Å². The zero-order chi connectivity index (χ0) is 22.2. The molecule has 9 nitrogen and oxygen atoms in total. The first-order valence-electron chi connectivity index (χ1n) is 9.44. The van der Waals surface area contributed by atoms with Crippen LogP contribution in [0.3, 0.4) is 0 Å². The fourth-order valence-electron chi connectivity index (χ4n) is 2.86. The monoisotopic (exact) mass is 419 g/mol. The maximum Gasteiger partial charge on any atom is 0.316 e. The predicted octanol–water partition coefficient (Wildman–Crippen LogP) is 1.73. The van der Waals surface area contributed by atoms with E-state index in [-0.39, 0.29) is 24.6 Å². The first-order valence-corrected chi connectivity index (χ1v) is 9.44. The summed E-state index contributed by atoms with van der Waals surface area (Å²) in [6.07, 6.45) is 3.34. The van der Waals surface area contributed by atoms with E-state index >= 15 is 0 Å². The van der Waals surface area contributed by atoms with Crippen molar-refractivity contribution in [2.24, 2.45) is 5.73 Å². The average molecular weight is 419 g/mol. The number of nitrogens with two attached hydrogens (primary N) is 1. The van der Waals surface area contributed by atoms with Crippen LogP contribution in [0.25, 0.3) is 10.9 Å². The van der Waals surface area contributed by atoms with Crippen molar-refractivity contribution < 1.29 is 14.4 Å². The second-order valence-electron chi connectivity index (χ2n) is 6.56. The lowest BCUT2D eigenvalue weighted by Gasteiger charge is -2.06. The number of carbonyl (C=O) groups is 3. The molecule has 0 fully saturated rings. The van der Waals surface area contributed by atoms with E-state index in [2.05, 4.69) is 20.9 Å². The molecule has 9 heteroatoms. The van der Waals surface area contributed by atoms with Gasteiger partial charge in [-0.25, -0.2) is 4.79 Å². The van der Waals surface area contributed by atoms with Crippen molar-refractivity contribution in [3.63, 3.8) is 0 Å². The Kier molecular flexibility index (Phi) is 6.79. The summed E-state index contributed by atoms with van der Waals surface area (Å²) >= 11 is 0. The molecule has 1 heterocycles. The number of rotatable bonds is 7. The lowest BCUT2D eigenvalue weighted by Crippen LogP contribution is -2.29. The first-order chi connectivity index (χ1) is 14.9. The van der Waals surface area contributed by atoms with E-state index in [0.717, 1.165) is 5.39 Å². The summed E-state index contributed by atoms with van der Waals surface area (Å²) in [7, 11) is 0. The van der Waals surface area contributed by atoms with E-state index < -0.39 is 17.5 Å². The zero-order valence-corrected chi connectivity index (χ0v) is 16.5. The van der Waals surface area contributed by atoms with Crippen LogP contribution in [0.5, 0.6) is 0 Å². The highest BCUT2D eigenvalue weighted by Crippen LogP contribution is 2.11. The number of primary amides is 1. The van der Waals surface area contributed by atoms with Crippen molar-refractivity contribution in [1.82, 2.24) is 15.6 Å². The van der Waals surface area contributed by atoms with Gasteiger partial charge in [0.25, 0.3) is 17.4 Å². The van der Waals surface area contributed by atoms with Gasteiger partial charge < -0.3 is 26.7 Å². The molecule has 31 heavy (non-hydrogen) atoms. The van der Waals surface area contributed by atoms with Gasteiger partial charge in [0, 0.05) is 29.9 Å². The molecule has 0 bridgehead atoms. The van der Waals surface area contributed by atoms with Gasteiger partial charge in [0.05, 0.1) is 0 Å². The lowest BCUT2D eigenvalue weighted by atomic mass is 10.1. The number of para-hydroxylation sites is 1. The number of hydrogen-bond donors (Lipinski definition) is 5. The van der Waals surface area contributed by atoms with Crippen LogP contribution in [0.4, 0.5) is 10.5 Å². The molecule has 0 aliphatic rings. The van der Waals surface area contributed by atoms with Crippen molar-refractivity contribution in [2.45, 2.75) is 0 Å². The van der Waals surface area contributed by atoms with Crippen molar-refractivity contribution in [3.05, 3.63) is 88.2 Å². The van der Waals surface area contributed by atoms with Crippen LogP contribution in [0.2, 0.25) is 0 Å². The van der Waals surface area contributed by atoms with Crippen LogP contribution in [0, 0.1) is 0 Å². The number of anilines is 1. The van der Waals surface area contributed by atoms with Crippen LogP contribution in [-0.4, -0.2) is 35.9 Å². The molecule has 0 unspecified atom stereocenters. The molecular formula is C22H21N5O4. The molecule has 0 aliphatic carbocycles. The topological polar surface area (TPSA) is 146 Å². The van der Waals surface area contributed by atoms with Gasteiger partial charge in [-0.1, -0.05) is 36.4 Å². The maximum absolute atomic E-state index is 12.3. The zero-order valence-electron chi connectivity index (χ0n) is 16.5. The van der Waals surface area contributed by atoms with Crippen molar-refractivity contribution in [3.8, 4) is 0 Å². The van der Waals surface area contributed by atoms with Crippen LogP contribution >= 0.6 is 0 Å². The van der Waals surface area contributed by atoms with Crippen LogP contribution < -0.4 is 27.2 Å². The summed E-state index contributed by atoms with van der Waals surface area (Å²) in [6.45, 7) is 0.428. The number of nitrogens with one attached hydrogen (secondary N) is 4. The number of carbonyl (C=O) groups excluding carboxylic acids is 3. The number of amides is 4. The molecule has 2 aromatic carbocycles. The molecular weight excluding hydrogens is 398 g/mol. The van der Waals surface area contributed by atoms with E-state index in [1.54, 1.807) is 48.6 Å². The second-order valence-corrected chi connectivity index (χ2v) is 6.56. The summed E-state index contributed by atoms with van der Waals surface area (Å²) in [5.41, 5.74) is 6.08. The molecule has 4 amide bonds. The number of fused-ring (bicyclic) bond motifs is 1. The van der Waals surface area contributed by atoms with Gasteiger partial charge in [0.1, 0.15) is 5.56 Å². The van der Waals surface area contributed by atoms with Crippen LogP contribution in [-0.2, 0) is 0 Å².